The molecule has 0 fully saturated rings. The molecule has 92 valence electrons. The highest BCUT2D eigenvalue weighted by Crippen LogP contribution is 2.38. The maximum Gasteiger partial charge on any atom is 0.433 e. The van der Waals surface area contributed by atoms with Crippen molar-refractivity contribution in [3.63, 3.8) is 0 Å². The third kappa shape index (κ3) is 2.79. The minimum absolute atomic E-state index is 0.246. The normalized spacial score (nSPS) is 12.4. The lowest BCUT2D eigenvalue weighted by Crippen LogP contribution is -2.15. The largest absolute Gasteiger partial charge is 0.433 e. The molecule has 0 aromatic carbocycles. The van der Waals surface area contributed by atoms with E-state index >= 15 is 0 Å². The van der Waals surface area contributed by atoms with Gasteiger partial charge in [0.15, 0.2) is 0 Å². The summed E-state index contributed by atoms with van der Waals surface area (Å²) >= 11 is 5.11. The van der Waals surface area contributed by atoms with Gasteiger partial charge >= 0.3 is 12.4 Å². The van der Waals surface area contributed by atoms with E-state index in [1.165, 1.54) is 0 Å². The van der Waals surface area contributed by atoms with Crippen molar-refractivity contribution in [2.75, 3.05) is 0 Å². The maximum atomic E-state index is 12.4. The minimum Gasteiger partial charge on any atom is -0.230 e. The van der Waals surface area contributed by atoms with E-state index < -0.39 is 34.3 Å². The summed E-state index contributed by atoms with van der Waals surface area (Å²) in [4.78, 5) is 2.71. The number of pyridine rings is 1. The van der Waals surface area contributed by atoms with Crippen LogP contribution in [0.15, 0.2) is 6.07 Å². The third-order valence-corrected chi connectivity index (χ3v) is 1.96. The molecule has 17 heavy (non-hydrogen) atoms. The number of nitrogens with zero attached hydrogens (tertiary/aromatic N) is 2. The monoisotopic (exact) mass is 274 g/mol. The van der Waals surface area contributed by atoms with Crippen LogP contribution < -0.4 is 0 Å². The highest BCUT2D eigenvalue weighted by atomic mass is 35.5. The van der Waals surface area contributed by atoms with Crippen molar-refractivity contribution < 1.29 is 26.3 Å². The lowest BCUT2D eigenvalue weighted by molar-refractivity contribution is -0.145. The summed E-state index contributed by atoms with van der Waals surface area (Å²) in [6.45, 7) is 0. The second kappa shape index (κ2) is 4.07. The van der Waals surface area contributed by atoms with Crippen LogP contribution in [0.2, 0.25) is 5.15 Å². The molecule has 0 amide bonds. The topological polar surface area (TPSA) is 36.7 Å². The molecule has 0 aliphatic rings. The van der Waals surface area contributed by atoms with Crippen LogP contribution in [-0.4, -0.2) is 4.98 Å². The zero-order chi connectivity index (χ0) is 13.4. The Morgan fingerprint density at radius 3 is 2.00 bits per heavy atom. The van der Waals surface area contributed by atoms with Gasteiger partial charge in [-0.2, -0.15) is 31.6 Å². The molecule has 0 radical (unpaired) electrons. The molecule has 1 heterocycles. The summed E-state index contributed by atoms with van der Waals surface area (Å²) in [5, 5.41) is 7.27. The van der Waals surface area contributed by atoms with E-state index in [9.17, 15) is 26.3 Å². The number of aromatic nitrogens is 1. The van der Waals surface area contributed by atoms with Crippen LogP contribution in [0.4, 0.5) is 26.3 Å². The number of halogens is 7. The molecule has 9 heteroatoms. The van der Waals surface area contributed by atoms with Gasteiger partial charge in [-0.05, 0) is 6.07 Å². The lowest BCUT2D eigenvalue weighted by Gasteiger charge is -2.12. The van der Waals surface area contributed by atoms with Gasteiger partial charge in [0, 0.05) is 0 Å². The lowest BCUT2D eigenvalue weighted by atomic mass is 10.1. The summed E-state index contributed by atoms with van der Waals surface area (Å²) in [5.41, 5.74) is -4.69. The molecule has 0 saturated heterocycles. The molecule has 0 spiro atoms. The Balaban J connectivity index is 3.58. The van der Waals surface area contributed by atoms with Crippen molar-refractivity contribution in [3.8, 4) is 6.07 Å². The molecule has 0 aliphatic heterocycles. The Labute approximate surface area is 95.4 Å². The van der Waals surface area contributed by atoms with Gasteiger partial charge in [0.05, 0.1) is 5.56 Å². The van der Waals surface area contributed by atoms with Crippen LogP contribution in [0.3, 0.4) is 0 Å². The summed E-state index contributed by atoms with van der Waals surface area (Å²) in [6.07, 6.45) is -10.2. The van der Waals surface area contributed by atoms with Gasteiger partial charge in [0.1, 0.15) is 22.5 Å². The molecule has 1 aromatic heterocycles. The van der Waals surface area contributed by atoms with Crippen LogP contribution in [-0.2, 0) is 12.4 Å². The predicted octanol–water partition coefficient (Wildman–Crippen LogP) is 3.64. The van der Waals surface area contributed by atoms with Crippen molar-refractivity contribution in [2.24, 2.45) is 0 Å². The van der Waals surface area contributed by atoms with Crippen molar-refractivity contribution >= 4 is 11.6 Å². The predicted molar refractivity (Wildman–Crippen MR) is 44.0 cm³/mol. The summed E-state index contributed by atoms with van der Waals surface area (Å²) in [5.74, 6) is 0. The Morgan fingerprint density at radius 1 is 1.12 bits per heavy atom. The molecule has 0 unspecified atom stereocenters. The fourth-order valence-corrected chi connectivity index (χ4v) is 1.22. The van der Waals surface area contributed by atoms with Gasteiger partial charge in [-0.25, -0.2) is 4.98 Å². The molecule has 0 aliphatic carbocycles. The summed E-state index contributed by atoms with van der Waals surface area (Å²) < 4.78 is 73.7. The van der Waals surface area contributed by atoms with Crippen molar-refractivity contribution in [3.05, 3.63) is 28.0 Å². The van der Waals surface area contributed by atoms with Gasteiger partial charge in [0.25, 0.3) is 0 Å². The fourth-order valence-electron chi connectivity index (χ4n) is 0.989. The quantitative estimate of drug-likeness (QED) is 0.535. The molecule has 1 rings (SSSR count). The summed E-state index contributed by atoms with van der Waals surface area (Å²) in [7, 11) is 0. The number of nitriles is 1. The molecule has 0 saturated carbocycles. The van der Waals surface area contributed by atoms with E-state index in [-0.39, 0.29) is 6.07 Å². The van der Waals surface area contributed by atoms with Crippen molar-refractivity contribution in [1.82, 2.24) is 4.98 Å². The molecule has 0 atom stereocenters. The average Bonchev–Trinajstić information content (AvgIpc) is 2.13. The Morgan fingerprint density at radius 2 is 1.65 bits per heavy atom. The molecular formula is C8HClF6N2. The minimum atomic E-state index is -5.11. The maximum absolute atomic E-state index is 12.4. The first-order chi connectivity index (χ1) is 7.57. The number of hydrogen-bond donors (Lipinski definition) is 0. The molecule has 1 aromatic rings. The SMILES string of the molecule is N#Cc1c(C(F)(F)F)cc(C(F)(F)F)nc1Cl. The van der Waals surface area contributed by atoms with Crippen LogP contribution in [0, 0.1) is 11.3 Å². The van der Waals surface area contributed by atoms with Crippen molar-refractivity contribution in [2.45, 2.75) is 12.4 Å². The standard InChI is InChI=1S/C8HClF6N2/c9-6-3(2-16)4(7(10,11)12)1-5(17-6)8(13,14)15/h1H. The first-order valence-electron chi connectivity index (χ1n) is 3.82. The second-order valence-corrected chi connectivity index (χ2v) is 3.19. The Kier molecular flexibility index (Phi) is 3.25. The first-order valence-corrected chi connectivity index (χ1v) is 4.20. The molecule has 0 bridgehead atoms. The van der Waals surface area contributed by atoms with E-state index in [1.54, 1.807) is 0 Å². The Bertz CT molecular complexity index is 485. The van der Waals surface area contributed by atoms with Crippen LogP contribution in [0.25, 0.3) is 0 Å². The van der Waals surface area contributed by atoms with Gasteiger partial charge < -0.3 is 0 Å². The number of alkyl halides is 6. The van der Waals surface area contributed by atoms with Crippen LogP contribution in [0.1, 0.15) is 16.8 Å². The zero-order valence-electron chi connectivity index (χ0n) is 7.62. The van der Waals surface area contributed by atoms with Gasteiger partial charge in [0.2, 0.25) is 0 Å². The third-order valence-electron chi connectivity index (χ3n) is 1.68. The van der Waals surface area contributed by atoms with E-state index in [1.807, 2.05) is 0 Å². The van der Waals surface area contributed by atoms with E-state index in [4.69, 9.17) is 16.9 Å². The van der Waals surface area contributed by atoms with E-state index in [2.05, 4.69) is 4.98 Å². The fraction of sp³-hybridized carbons (Fsp3) is 0.250. The number of rotatable bonds is 0. The van der Waals surface area contributed by atoms with Gasteiger partial charge in [-0.3, -0.25) is 0 Å². The van der Waals surface area contributed by atoms with Crippen LogP contribution in [0.5, 0.6) is 0 Å². The highest BCUT2D eigenvalue weighted by molar-refractivity contribution is 6.30. The van der Waals surface area contributed by atoms with E-state index in [0.29, 0.717) is 0 Å². The molecule has 2 nitrogen and oxygen atoms in total. The molecule has 0 N–H and O–H groups in total. The summed E-state index contributed by atoms with van der Waals surface area (Å²) in [6, 6.07) is 0.822. The first kappa shape index (κ1) is 13.6. The van der Waals surface area contributed by atoms with Gasteiger partial charge in [-0.1, -0.05) is 11.6 Å². The smallest absolute Gasteiger partial charge is 0.230 e. The Hall–Kier alpha value is -1.49. The molecular weight excluding hydrogens is 274 g/mol. The van der Waals surface area contributed by atoms with Gasteiger partial charge in [-0.15, -0.1) is 0 Å². The average molecular weight is 275 g/mol. The second-order valence-electron chi connectivity index (χ2n) is 2.83. The zero-order valence-corrected chi connectivity index (χ0v) is 8.37. The highest BCUT2D eigenvalue weighted by Gasteiger charge is 2.40. The number of hydrogen-bond acceptors (Lipinski definition) is 2. The van der Waals surface area contributed by atoms with Crippen LogP contribution >= 0.6 is 11.6 Å². The van der Waals surface area contributed by atoms with Crippen molar-refractivity contribution in [1.29, 1.82) is 5.26 Å². The van der Waals surface area contributed by atoms with E-state index in [0.717, 1.165) is 6.07 Å².